The monoisotopic (exact) mass is 358 g/mol. The van der Waals surface area contributed by atoms with Crippen molar-refractivity contribution in [2.45, 2.75) is 38.5 Å². The normalized spacial score (nSPS) is 26.1. The number of nitrogens with zero attached hydrogens (tertiary/aromatic N) is 2. The highest BCUT2D eigenvalue weighted by atomic mass is 16.5. The van der Waals surface area contributed by atoms with E-state index in [1.54, 1.807) is 12.3 Å². The molecule has 3 atom stereocenters. The Morgan fingerprint density at radius 3 is 2.92 bits per heavy atom. The standard InChI is InChI=1S/C20H26N2O4/c1-14-7-8-18(26-14)20(23)22-11-15-5-3-10-25-19(15)17(13-22)21(2)12-16-6-4-9-24-16/h4,6-9,15,17,19H,3,5,10-13H2,1-2H3/t15-,17-,19+/m0/s1. The zero-order chi connectivity index (χ0) is 18.1. The van der Waals surface area contributed by atoms with E-state index in [1.165, 1.54) is 0 Å². The highest BCUT2D eigenvalue weighted by molar-refractivity contribution is 5.91. The Kier molecular flexibility index (Phi) is 4.87. The summed E-state index contributed by atoms with van der Waals surface area (Å²) in [7, 11) is 2.08. The first kappa shape index (κ1) is 17.4. The molecule has 2 aromatic heterocycles. The van der Waals surface area contributed by atoms with Gasteiger partial charge in [-0.3, -0.25) is 9.69 Å². The number of carbonyl (C=O) groups excluding carboxylic acids is 1. The van der Waals surface area contributed by atoms with E-state index < -0.39 is 0 Å². The topological polar surface area (TPSA) is 59.1 Å². The van der Waals surface area contributed by atoms with Crippen LogP contribution in [0.15, 0.2) is 39.4 Å². The largest absolute Gasteiger partial charge is 0.468 e. The zero-order valence-corrected chi connectivity index (χ0v) is 15.4. The van der Waals surface area contributed by atoms with Crippen LogP contribution in [0.4, 0.5) is 0 Å². The molecule has 26 heavy (non-hydrogen) atoms. The fourth-order valence-electron chi connectivity index (χ4n) is 4.20. The number of hydrogen-bond donors (Lipinski definition) is 0. The second-order valence-electron chi connectivity index (χ2n) is 7.42. The molecule has 0 unspecified atom stereocenters. The van der Waals surface area contributed by atoms with Crippen LogP contribution in [0.2, 0.25) is 0 Å². The van der Waals surface area contributed by atoms with Gasteiger partial charge in [-0.1, -0.05) is 0 Å². The van der Waals surface area contributed by atoms with E-state index in [4.69, 9.17) is 13.6 Å². The summed E-state index contributed by atoms with van der Waals surface area (Å²) >= 11 is 0. The number of ether oxygens (including phenoxy) is 1. The van der Waals surface area contributed by atoms with Crippen LogP contribution in [0, 0.1) is 12.8 Å². The molecule has 1 amide bonds. The van der Waals surface area contributed by atoms with Gasteiger partial charge in [0.25, 0.3) is 5.91 Å². The van der Waals surface area contributed by atoms with Crippen LogP contribution < -0.4 is 0 Å². The van der Waals surface area contributed by atoms with Crippen LogP contribution in [-0.2, 0) is 11.3 Å². The van der Waals surface area contributed by atoms with Crippen LogP contribution in [0.25, 0.3) is 0 Å². The van der Waals surface area contributed by atoms with Gasteiger partial charge in [0.1, 0.15) is 11.5 Å². The van der Waals surface area contributed by atoms with Crippen LogP contribution in [0.3, 0.4) is 0 Å². The first-order valence-electron chi connectivity index (χ1n) is 9.32. The lowest BCUT2D eigenvalue weighted by Gasteiger charge is -2.48. The van der Waals surface area contributed by atoms with E-state index in [1.807, 2.05) is 30.0 Å². The summed E-state index contributed by atoms with van der Waals surface area (Å²) in [4.78, 5) is 17.1. The van der Waals surface area contributed by atoms with Gasteiger partial charge in [-0.25, -0.2) is 0 Å². The molecule has 2 aliphatic heterocycles. The number of hydrogen-bond acceptors (Lipinski definition) is 5. The van der Waals surface area contributed by atoms with Gasteiger partial charge in [-0.2, -0.15) is 0 Å². The molecule has 6 nitrogen and oxygen atoms in total. The fraction of sp³-hybridized carbons (Fsp3) is 0.550. The molecule has 0 N–H and O–H groups in total. The van der Waals surface area contributed by atoms with Crippen molar-refractivity contribution in [2.24, 2.45) is 5.92 Å². The average molecular weight is 358 g/mol. The molecule has 0 radical (unpaired) electrons. The van der Waals surface area contributed by atoms with Gasteiger partial charge in [0.05, 0.1) is 25.0 Å². The molecule has 0 aromatic carbocycles. The number of fused-ring (bicyclic) bond motifs is 1. The molecule has 140 valence electrons. The van der Waals surface area contributed by atoms with Crippen molar-refractivity contribution < 1.29 is 18.4 Å². The maximum Gasteiger partial charge on any atom is 0.289 e. The second kappa shape index (κ2) is 7.29. The minimum atomic E-state index is -0.0291. The van der Waals surface area contributed by atoms with Crippen LogP contribution in [-0.4, -0.2) is 54.6 Å². The summed E-state index contributed by atoms with van der Waals surface area (Å²) in [5, 5.41) is 0. The molecule has 2 aromatic rings. The number of carbonyl (C=O) groups is 1. The maximum absolute atomic E-state index is 12.9. The Hall–Kier alpha value is -2.05. The van der Waals surface area contributed by atoms with Gasteiger partial charge in [0.15, 0.2) is 5.76 Å². The summed E-state index contributed by atoms with van der Waals surface area (Å²) < 4.78 is 17.2. The van der Waals surface area contributed by atoms with Gasteiger partial charge in [-0.15, -0.1) is 0 Å². The van der Waals surface area contributed by atoms with Crippen LogP contribution in [0.1, 0.15) is 34.9 Å². The lowest BCUT2D eigenvalue weighted by molar-refractivity contribution is -0.106. The smallest absolute Gasteiger partial charge is 0.289 e. The number of amides is 1. The van der Waals surface area contributed by atoms with E-state index in [-0.39, 0.29) is 18.1 Å². The molecule has 6 heteroatoms. The highest BCUT2D eigenvalue weighted by Gasteiger charge is 2.43. The van der Waals surface area contributed by atoms with E-state index in [9.17, 15) is 4.79 Å². The van der Waals surface area contributed by atoms with Crippen molar-refractivity contribution in [1.82, 2.24) is 9.80 Å². The molecule has 2 fully saturated rings. The Bertz CT molecular complexity index is 739. The predicted molar refractivity (Wildman–Crippen MR) is 95.8 cm³/mol. The van der Waals surface area contributed by atoms with Crippen molar-refractivity contribution in [1.29, 1.82) is 0 Å². The second-order valence-corrected chi connectivity index (χ2v) is 7.42. The number of furan rings is 2. The molecule has 2 aliphatic rings. The molecule has 2 saturated heterocycles. The molecule has 0 bridgehead atoms. The Labute approximate surface area is 153 Å². The first-order valence-corrected chi connectivity index (χ1v) is 9.32. The minimum Gasteiger partial charge on any atom is -0.468 e. The summed E-state index contributed by atoms with van der Waals surface area (Å²) in [6.45, 7) is 4.73. The average Bonchev–Trinajstić information content (AvgIpc) is 3.31. The third kappa shape index (κ3) is 3.44. The van der Waals surface area contributed by atoms with E-state index in [0.717, 1.165) is 37.5 Å². The molecular weight excluding hydrogens is 332 g/mol. The Morgan fingerprint density at radius 2 is 2.19 bits per heavy atom. The number of likely N-dealkylation sites (N-methyl/N-ethyl adjacent to an activating group) is 1. The van der Waals surface area contributed by atoms with Crippen molar-refractivity contribution in [3.05, 3.63) is 47.8 Å². The maximum atomic E-state index is 12.9. The predicted octanol–water partition coefficient (Wildman–Crippen LogP) is 2.93. The number of likely N-dealkylation sites (tertiary alicyclic amines) is 1. The first-order chi connectivity index (χ1) is 12.6. The van der Waals surface area contributed by atoms with Crippen molar-refractivity contribution >= 4 is 5.91 Å². The lowest BCUT2D eigenvalue weighted by atomic mass is 9.84. The third-order valence-corrected chi connectivity index (χ3v) is 5.53. The molecular formula is C20H26N2O4. The van der Waals surface area contributed by atoms with Crippen molar-refractivity contribution in [3.63, 3.8) is 0 Å². The van der Waals surface area contributed by atoms with E-state index in [0.29, 0.717) is 24.8 Å². The van der Waals surface area contributed by atoms with Crippen molar-refractivity contribution in [3.8, 4) is 0 Å². The molecule has 0 aliphatic carbocycles. The number of piperidine rings is 1. The quantitative estimate of drug-likeness (QED) is 0.841. The molecule has 4 rings (SSSR count). The summed E-state index contributed by atoms with van der Waals surface area (Å²) in [5.74, 6) is 2.44. The van der Waals surface area contributed by atoms with Gasteiger partial charge < -0.3 is 18.5 Å². The minimum absolute atomic E-state index is 0.0291. The zero-order valence-electron chi connectivity index (χ0n) is 15.4. The van der Waals surface area contributed by atoms with Crippen molar-refractivity contribution in [2.75, 3.05) is 26.7 Å². The van der Waals surface area contributed by atoms with Gasteiger partial charge in [0, 0.05) is 25.6 Å². The van der Waals surface area contributed by atoms with E-state index >= 15 is 0 Å². The fourth-order valence-corrected chi connectivity index (χ4v) is 4.20. The van der Waals surface area contributed by atoms with Crippen LogP contribution in [0.5, 0.6) is 0 Å². The summed E-state index contributed by atoms with van der Waals surface area (Å²) in [6.07, 6.45) is 4.00. The highest BCUT2D eigenvalue weighted by Crippen LogP contribution is 2.32. The molecule has 0 spiro atoms. The molecule has 0 saturated carbocycles. The van der Waals surface area contributed by atoms with Gasteiger partial charge in [0.2, 0.25) is 0 Å². The third-order valence-electron chi connectivity index (χ3n) is 5.53. The SMILES string of the molecule is Cc1ccc(C(=O)N2C[C@@H]3CCCO[C@H]3[C@@H](N(C)Cc3ccco3)C2)o1. The molecule has 4 heterocycles. The van der Waals surface area contributed by atoms with Gasteiger partial charge in [-0.05, 0) is 51.1 Å². The summed E-state index contributed by atoms with van der Waals surface area (Å²) in [5.41, 5.74) is 0. The lowest BCUT2D eigenvalue weighted by Crippen LogP contribution is -2.61. The Balaban J connectivity index is 1.53. The number of rotatable bonds is 4. The van der Waals surface area contributed by atoms with Gasteiger partial charge >= 0.3 is 0 Å². The number of aryl methyl sites for hydroxylation is 1. The van der Waals surface area contributed by atoms with Crippen LogP contribution >= 0.6 is 0 Å². The Morgan fingerprint density at radius 1 is 1.31 bits per heavy atom. The van der Waals surface area contributed by atoms with E-state index in [2.05, 4.69) is 11.9 Å². The summed E-state index contributed by atoms with van der Waals surface area (Å²) in [6, 6.07) is 7.62.